The molecule has 0 spiro atoms. The quantitative estimate of drug-likeness (QED) is 0.750. The summed E-state index contributed by atoms with van der Waals surface area (Å²) in [5, 5.41) is 6.39. The van der Waals surface area contributed by atoms with Crippen molar-refractivity contribution in [1.29, 1.82) is 0 Å². The van der Waals surface area contributed by atoms with E-state index >= 15 is 0 Å². The molecule has 1 rings (SSSR count). The zero-order chi connectivity index (χ0) is 12.1. The van der Waals surface area contributed by atoms with Crippen LogP contribution in [0.25, 0.3) is 0 Å². The van der Waals surface area contributed by atoms with E-state index in [0.717, 1.165) is 19.5 Å². The van der Waals surface area contributed by atoms with Crippen molar-refractivity contribution in [2.45, 2.75) is 46.6 Å². The standard InChI is InChI=1S/C13H26N2O/c1-9(2)5-6-11(4)15-13(16)12-8-14-7-10(12)3/h9-12,14H,5-8H2,1-4H3,(H,15,16). The van der Waals surface area contributed by atoms with Crippen molar-refractivity contribution in [1.82, 2.24) is 10.6 Å². The fraction of sp³-hybridized carbons (Fsp3) is 0.923. The Morgan fingerprint density at radius 3 is 2.50 bits per heavy atom. The Hall–Kier alpha value is -0.570. The maximum Gasteiger partial charge on any atom is 0.224 e. The van der Waals surface area contributed by atoms with Gasteiger partial charge in [-0.1, -0.05) is 20.8 Å². The van der Waals surface area contributed by atoms with Crippen molar-refractivity contribution in [3.63, 3.8) is 0 Å². The zero-order valence-corrected chi connectivity index (χ0v) is 11.0. The first-order chi connectivity index (χ1) is 7.50. The van der Waals surface area contributed by atoms with Gasteiger partial charge in [0, 0.05) is 12.6 Å². The van der Waals surface area contributed by atoms with Crippen molar-refractivity contribution < 1.29 is 4.79 Å². The summed E-state index contributed by atoms with van der Waals surface area (Å²) in [7, 11) is 0. The van der Waals surface area contributed by atoms with Gasteiger partial charge in [0.25, 0.3) is 0 Å². The van der Waals surface area contributed by atoms with Gasteiger partial charge in [0.05, 0.1) is 5.92 Å². The van der Waals surface area contributed by atoms with Crippen LogP contribution in [0.5, 0.6) is 0 Å². The van der Waals surface area contributed by atoms with Gasteiger partial charge in [0.1, 0.15) is 0 Å². The van der Waals surface area contributed by atoms with Gasteiger partial charge in [-0.3, -0.25) is 4.79 Å². The number of rotatable bonds is 5. The Balaban J connectivity index is 2.27. The van der Waals surface area contributed by atoms with Crippen LogP contribution in [0.4, 0.5) is 0 Å². The number of carbonyl (C=O) groups excluding carboxylic acids is 1. The molecule has 0 saturated carbocycles. The van der Waals surface area contributed by atoms with Gasteiger partial charge in [-0.05, 0) is 38.1 Å². The summed E-state index contributed by atoms with van der Waals surface area (Å²) < 4.78 is 0. The van der Waals surface area contributed by atoms with Crippen LogP contribution in [-0.2, 0) is 4.79 Å². The fourth-order valence-electron chi connectivity index (χ4n) is 2.17. The van der Waals surface area contributed by atoms with E-state index in [4.69, 9.17) is 0 Å². The number of amides is 1. The second kappa shape index (κ2) is 6.24. The third-order valence-corrected chi connectivity index (χ3v) is 3.42. The van der Waals surface area contributed by atoms with Gasteiger partial charge >= 0.3 is 0 Å². The maximum atomic E-state index is 12.0. The predicted octanol–water partition coefficient (Wildman–Crippen LogP) is 1.78. The van der Waals surface area contributed by atoms with Gasteiger partial charge in [-0.2, -0.15) is 0 Å². The summed E-state index contributed by atoms with van der Waals surface area (Å²) >= 11 is 0. The first kappa shape index (κ1) is 13.5. The minimum absolute atomic E-state index is 0.168. The average molecular weight is 226 g/mol. The molecule has 94 valence electrons. The zero-order valence-electron chi connectivity index (χ0n) is 11.0. The van der Waals surface area contributed by atoms with Gasteiger partial charge in [-0.15, -0.1) is 0 Å². The summed E-state index contributed by atoms with van der Waals surface area (Å²) in [5.74, 6) is 1.58. The van der Waals surface area contributed by atoms with E-state index < -0.39 is 0 Å². The second-order valence-electron chi connectivity index (χ2n) is 5.62. The fourth-order valence-corrected chi connectivity index (χ4v) is 2.17. The number of carbonyl (C=O) groups is 1. The topological polar surface area (TPSA) is 41.1 Å². The van der Waals surface area contributed by atoms with E-state index in [1.165, 1.54) is 6.42 Å². The highest BCUT2D eigenvalue weighted by Crippen LogP contribution is 2.16. The van der Waals surface area contributed by atoms with Crippen LogP contribution in [0.2, 0.25) is 0 Å². The molecule has 1 saturated heterocycles. The molecule has 0 radical (unpaired) electrons. The number of hydrogen-bond donors (Lipinski definition) is 2. The van der Waals surface area contributed by atoms with E-state index in [2.05, 4.69) is 38.3 Å². The van der Waals surface area contributed by atoms with Crippen LogP contribution in [0, 0.1) is 17.8 Å². The normalized spacial score (nSPS) is 27.1. The Labute approximate surface area is 99.4 Å². The highest BCUT2D eigenvalue weighted by atomic mass is 16.2. The van der Waals surface area contributed by atoms with Crippen molar-refractivity contribution >= 4 is 5.91 Å². The van der Waals surface area contributed by atoms with Crippen molar-refractivity contribution in [3.05, 3.63) is 0 Å². The molecule has 3 nitrogen and oxygen atoms in total. The number of nitrogens with one attached hydrogen (secondary N) is 2. The van der Waals surface area contributed by atoms with Gasteiger partial charge in [-0.25, -0.2) is 0 Å². The van der Waals surface area contributed by atoms with Crippen molar-refractivity contribution in [3.8, 4) is 0 Å². The summed E-state index contributed by atoms with van der Waals surface area (Å²) in [6, 6.07) is 0.308. The lowest BCUT2D eigenvalue weighted by atomic mass is 9.96. The molecule has 0 aromatic carbocycles. The molecule has 1 aliphatic rings. The molecule has 0 aromatic heterocycles. The minimum atomic E-state index is 0.168. The van der Waals surface area contributed by atoms with Crippen molar-refractivity contribution in [2.24, 2.45) is 17.8 Å². The van der Waals surface area contributed by atoms with Gasteiger partial charge in [0.15, 0.2) is 0 Å². The van der Waals surface area contributed by atoms with Crippen LogP contribution in [0.1, 0.15) is 40.5 Å². The van der Waals surface area contributed by atoms with Crippen LogP contribution in [0.3, 0.4) is 0 Å². The van der Waals surface area contributed by atoms with E-state index in [0.29, 0.717) is 17.9 Å². The molecule has 3 heteroatoms. The molecule has 0 aliphatic carbocycles. The van der Waals surface area contributed by atoms with Crippen LogP contribution < -0.4 is 10.6 Å². The second-order valence-corrected chi connectivity index (χ2v) is 5.62. The Morgan fingerprint density at radius 1 is 1.31 bits per heavy atom. The maximum absolute atomic E-state index is 12.0. The van der Waals surface area contributed by atoms with E-state index in [9.17, 15) is 4.79 Å². The third-order valence-electron chi connectivity index (χ3n) is 3.42. The minimum Gasteiger partial charge on any atom is -0.353 e. The summed E-state index contributed by atoms with van der Waals surface area (Å²) in [4.78, 5) is 12.0. The predicted molar refractivity (Wildman–Crippen MR) is 67.2 cm³/mol. The first-order valence-corrected chi connectivity index (χ1v) is 6.51. The monoisotopic (exact) mass is 226 g/mol. The molecular weight excluding hydrogens is 200 g/mol. The molecule has 1 heterocycles. The molecule has 1 amide bonds. The Bertz CT molecular complexity index is 228. The first-order valence-electron chi connectivity index (χ1n) is 6.51. The molecule has 0 aromatic rings. The summed E-state index contributed by atoms with van der Waals surface area (Å²) in [6.45, 7) is 10.5. The Kier molecular flexibility index (Phi) is 5.26. The lowest BCUT2D eigenvalue weighted by molar-refractivity contribution is -0.126. The summed E-state index contributed by atoms with van der Waals surface area (Å²) in [5.41, 5.74) is 0. The van der Waals surface area contributed by atoms with E-state index in [1.54, 1.807) is 0 Å². The SMILES string of the molecule is CC(C)CCC(C)NC(=O)C1CNCC1C. The highest BCUT2D eigenvalue weighted by Gasteiger charge is 2.29. The van der Waals surface area contributed by atoms with Crippen molar-refractivity contribution in [2.75, 3.05) is 13.1 Å². The average Bonchev–Trinajstić information content (AvgIpc) is 2.61. The van der Waals surface area contributed by atoms with Crippen LogP contribution in [-0.4, -0.2) is 25.0 Å². The van der Waals surface area contributed by atoms with Crippen LogP contribution in [0.15, 0.2) is 0 Å². The molecule has 1 aliphatic heterocycles. The lowest BCUT2D eigenvalue weighted by Gasteiger charge is -2.19. The van der Waals surface area contributed by atoms with E-state index in [-0.39, 0.29) is 11.8 Å². The van der Waals surface area contributed by atoms with Gasteiger partial charge in [0.2, 0.25) is 5.91 Å². The molecule has 1 fully saturated rings. The summed E-state index contributed by atoms with van der Waals surface area (Å²) in [6.07, 6.45) is 2.26. The molecular formula is C13H26N2O. The molecule has 2 N–H and O–H groups in total. The third kappa shape index (κ3) is 4.12. The smallest absolute Gasteiger partial charge is 0.224 e. The molecule has 16 heavy (non-hydrogen) atoms. The van der Waals surface area contributed by atoms with E-state index in [1.807, 2.05) is 0 Å². The molecule has 3 unspecified atom stereocenters. The molecule has 3 atom stereocenters. The lowest BCUT2D eigenvalue weighted by Crippen LogP contribution is -2.39. The number of hydrogen-bond acceptors (Lipinski definition) is 2. The Morgan fingerprint density at radius 2 is 2.00 bits per heavy atom. The highest BCUT2D eigenvalue weighted by molar-refractivity contribution is 5.79. The van der Waals surface area contributed by atoms with Crippen LogP contribution >= 0.6 is 0 Å². The van der Waals surface area contributed by atoms with Gasteiger partial charge < -0.3 is 10.6 Å². The largest absolute Gasteiger partial charge is 0.353 e. The molecule has 0 bridgehead atoms.